The zero-order valence-electron chi connectivity index (χ0n) is 17.4. The summed E-state index contributed by atoms with van der Waals surface area (Å²) in [6, 6.07) is 16.9. The molecule has 0 aliphatic carbocycles. The number of aromatic hydroxyl groups is 1. The molecule has 1 N–H and O–H groups in total. The number of phenolic OH excluding ortho intramolecular Hbond substituents is 1. The highest BCUT2D eigenvalue weighted by Crippen LogP contribution is 2.22. The highest BCUT2D eigenvalue weighted by atomic mass is 16.5. The molecular formula is C24H26N4O3. The Morgan fingerprint density at radius 1 is 1.10 bits per heavy atom. The van der Waals surface area contributed by atoms with Crippen LogP contribution in [0.25, 0.3) is 0 Å². The van der Waals surface area contributed by atoms with Crippen molar-refractivity contribution in [1.82, 2.24) is 9.97 Å². The van der Waals surface area contributed by atoms with E-state index in [1.54, 1.807) is 24.5 Å². The molecule has 1 aromatic carbocycles. The summed E-state index contributed by atoms with van der Waals surface area (Å²) in [5.74, 6) is 0.825. The Bertz CT molecular complexity index is 987. The van der Waals surface area contributed by atoms with E-state index in [2.05, 4.69) is 19.9 Å². The van der Waals surface area contributed by atoms with Crippen LogP contribution in [0.3, 0.4) is 0 Å². The van der Waals surface area contributed by atoms with Crippen molar-refractivity contribution >= 4 is 11.9 Å². The molecule has 1 saturated heterocycles. The number of hydrogen-bond donors (Lipinski definition) is 1. The van der Waals surface area contributed by atoms with Gasteiger partial charge in [0.05, 0.1) is 32.1 Å². The Kier molecular flexibility index (Phi) is 7.08. The fraction of sp³-hybridized carbons (Fsp3) is 0.292. The predicted molar refractivity (Wildman–Crippen MR) is 120 cm³/mol. The van der Waals surface area contributed by atoms with E-state index in [1.807, 2.05) is 42.5 Å². The second kappa shape index (κ2) is 10.5. The smallest absolute Gasteiger partial charge is 0.215 e. The second-order valence-corrected chi connectivity index (χ2v) is 7.24. The molecule has 3 aromatic rings. The summed E-state index contributed by atoms with van der Waals surface area (Å²) >= 11 is 0. The standard InChI is InChI=1S/C24H26N4O3/c29-23-6-4-19(5-7-23)17-25-18-21-15-22(28-10-13-30-14-11-28)16-24(27-21)31-12-8-20-3-1-2-9-26-20/h1-7,9,15-16,18,29H,8,10-14,17H2. The van der Waals surface area contributed by atoms with Gasteiger partial charge in [0.15, 0.2) is 0 Å². The average molecular weight is 418 g/mol. The van der Waals surface area contributed by atoms with Crippen molar-refractivity contribution in [2.24, 2.45) is 4.99 Å². The van der Waals surface area contributed by atoms with Crippen molar-refractivity contribution < 1.29 is 14.6 Å². The molecule has 1 aliphatic rings. The molecule has 3 heterocycles. The summed E-state index contributed by atoms with van der Waals surface area (Å²) in [5.41, 5.74) is 3.81. The molecule has 1 aliphatic heterocycles. The molecule has 2 aromatic heterocycles. The van der Waals surface area contributed by atoms with Gasteiger partial charge in [0.25, 0.3) is 0 Å². The molecule has 160 valence electrons. The Morgan fingerprint density at radius 3 is 2.71 bits per heavy atom. The Labute approximate surface area is 182 Å². The summed E-state index contributed by atoms with van der Waals surface area (Å²) in [5, 5.41) is 9.41. The predicted octanol–water partition coefficient (Wildman–Crippen LogP) is 3.26. The van der Waals surface area contributed by atoms with Crippen molar-refractivity contribution in [2.45, 2.75) is 13.0 Å². The first-order valence-corrected chi connectivity index (χ1v) is 10.4. The fourth-order valence-electron chi connectivity index (χ4n) is 3.31. The van der Waals surface area contributed by atoms with Gasteiger partial charge in [0, 0.05) is 49.4 Å². The van der Waals surface area contributed by atoms with Crippen LogP contribution in [0.1, 0.15) is 17.0 Å². The highest BCUT2D eigenvalue weighted by Gasteiger charge is 2.14. The molecule has 0 spiro atoms. The highest BCUT2D eigenvalue weighted by molar-refractivity contribution is 5.79. The topological polar surface area (TPSA) is 80.1 Å². The lowest BCUT2D eigenvalue weighted by Crippen LogP contribution is -2.36. The minimum absolute atomic E-state index is 0.250. The van der Waals surface area contributed by atoms with Gasteiger partial charge < -0.3 is 19.5 Å². The van der Waals surface area contributed by atoms with E-state index in [0.717, 1.165) is 35.7 Å². The number of benzene rings is 1. The van der Waals surface area contributed by atoms with Crippen molar-refractivity contribution in [1.29, 1.82) is 0 Å². The summed E-state index contributed by atoms with van der Waals surface area (Å²) in [6.45, 7) is 4.11. The van der Waals surface area contributed by atoms with Gasteiger partial charge in [-0.05, 0) is 35.9 Å². The molecule has 7 heteroatoms. The summed E-state index contributed by atoms with van der Waals surface area (Å²) < 4.78 is 11.4. The van der Waals surface area contributed by atoms with Gasteiger partial charge in [0.2, 0.25) is 5.88 Å². The van der Waals surface area contributed by atoms with E-state index < -0.39 is 0 Å². The lowest BCUT2D eigenvalue weighted by Gasteiger charge is -2.29. The number of nitrogens with zero attached hydrogens (tertiary/aromatic N) is 4. The van der Waals surface area contributed by atoms with Gasteiger partial charge >= 0.3 is 0 Å². The SMILES string of the molecule is Oc1ccc(CN=Cc2cc(N3CCOCC3)cc(OCCc3ccccn3)n2)cc1. The first-order valence-electron chi connectivity index (χ1n) is 10.4. The molecule has 0 saturated carbocycles. The first kappa shape index (κ1) is 20.8. The number of morpholine rings is 1. The number of aromatic nitrogens is 2. The third kappa shape index (κ3) is 6.26. The number of aliphatic imine (C=N–C) groups is 1. The van der Waals surface area contributed by atoms with Crippen LogP contribution in [0.4, 0.5) is 5.69 Å². The molecule has 0 radical (unpaired) electrons. The maximum absolute atomic E-state index is 9.41. The number of hydrogen-bond acceptors (Lipinski definition) is 7. The van der Waals surface area contributed by atoms with Crippen molar-refractivity contribution in [3.8, 4) is 11.6 Å². The number of anilines is 1. The van der Waals surface area contributed by atoms with Crippen LogP contribution in [-0.4, -0.2) is 54.2 Å². The Morgan fingerprint density at radius 2 is 1.94 bits per heavy atom. The molecule has 0 unspecified atom stereocenters. The van der Waals surface area contributed by atoms with Crippen LogP contribution in [-0.2, 0) is 17.7 Å². The maximum Gasteiger partial charge on any atom is 0.215 e. The molecule has 7 nitrogen and oxygen atoms in total. The quantitative estimate of drug-likeness (QED) is 0.566. The van der Waals surface area contributed by atoms with E-state index in [4.69, 9.17) is 9.47 Å². The molecule has 31 heavy (non-hydrogen) atoms. The van der Waals surface area contributed by atoms with Crippen LogP contribution in [0.5, 0.6) is 11.6 Å². The monoisotopic (exact) mass is 418 g/mol. The lowest BCUT2D eigenvalue weighted by atomic mass is 10.2. The number of pyridine rings is 2. The minimum atomic E-state index is 0.250. The summed E-state index contributed by atoms with van der Waals surface area (Å²) in [4.78, 5) is 15.7. The zero-order valence-corrected chi connectivity index (χ0v) is 17.4. The second-order valence-electron chi connectivity index (χ2n) is 7.24. The molecule has 0 amide bonds. The molecule has 1 fully saturated rings. The van der Waals surface area contributed by atoms with Crippen LogP contribution in [0.2, 0.25) is 0 Å². The number of phenols is 1. The van der Waals surface area contributed by atoms with Crippen molar-refractivity contribution in [3.63, 3.8) is 0 Å². The lowest BCUT2D eigenvalue weighted by molar-refractivity contribution is 0.122. The Hall–Kier alpha value is -3.45. The van der Waals surface area contributed by atoms with Crippen molar-refractivity contribution in [3.05, 3.63) is 77.7 Å². The first-order chi connectivity index (χ1) is 15.3. The number of ether oxygens (including phenoxy) is 2. The van der Waals surface area contributed by atoms with Gasteiger partial charge in [-0.1, -0.05) is 18.2 Å². The summed E-state index contributed by atoms with van der Waals surface area (Å²) in [7, 11) is 0. The van der Waals surface area contributed by atoms with E-state index in [9.17, 15) is 5.11 Å². The third-order valence-electron chi connectivity index (χ3n) is 4.95. The fourth-order valence-corrected chi connectivity index (χ4v) is 3.31. The van der Waals surface area contributed by atoms with Gasteiger partial charge in [-0.2, -0.15) is 0 Å². The van der Waals surface area contributed by atoms with Crippen molar-refractivity contribution in [2.75, 3.05) is 37.8 Å². The molecular weight excluding hydrogens is 392 g/mol. The molecule has 0 bridgehead atoms. The zero-order chi connectivity index (χ0) is 21.3. The Balaban J connectivity index is 1.46. The van der Waals surface area contributed by atoms with E-state index in [1.165, 1.54) is 0 Å². The maximum atomic E-state index is 9.41. The van der Waals surface area contributed by atoms with E-state index in [0.29, 0.717) is 38.7 Å². The van der Waals surface area contributed by atoms with E-state index >= 15 is 0 Å². The normalized spacial score (nSPS) is 14.1. The molecule has 0 atom stereocenters. The van der Waals surface area contributed by atoms with Gasteiger partial charge in [-0.25, -0.2) is 4.98 Å². The average Bonchev–Trinajstić information content (AvgIpc) is 2.82. The molecule has 4 rings (SSSR count). The van der Waals surface area contributed by atoms with Crippen LogP contribution in [0.15, 0.2) is 65.8 Å². The van der Waals surface area contributed by atoms with Gasteiger partial charge in [-0.3, -0.25) is 9.98 Å². The van der Waals surface area contributed by atoms with Crippen LogP contribution >= 0.6 is 0 Å². The van der Waals surface area contributed by atoms with Gasteiger partial charge in [-0.15, -0.1) is 0 Å². The summed E-state index contributed by atoms with van der Waals surface area (Å²) in [6.07, 6.45) is 4.27. The van der Waals surface area contributed by atoms with E-state index in [-0.39, 0.29) is 5.75 Å². The van der Waals surface area contributed by atoms with Crippen LogP contribution < -0.4 is 9.64 Å². The minimum Gasteiger partial charge on any atom is -0.508 e. The van der Waals surface area contributed by atoms with Crippen LogP contribution in [0, 0.1) is 0 Å². The number of rotatable bonds is 8. The van der Waals surface area contributed by atoms with Gasteiger partial charge in [0.1, 0.15) is 5.75 Å². The third-order valence-corrected chi connectivity index (χ3v) is 4.95. The largest absolute Gasteiger partial charge is 0.508 e.